The molecule has 17 heavy (non-hydrogen) atoms. The summed E-state index contributed by atoms with van der Waals surface area (Å²) in [6.07, 6.45) is -0.192. The van der Waals surface area contributed by atoms with E-state index in [1.54, 1.807) is 14.2 Å². The van der Waals surface area contributed by atoms with Crippen LogP contribution in [0.25, 0.3) is 0 Å². The molecular formula is C14H23NO2. The van der Waals surface area contributed by atoms with Crippen molar-refractivity contribution in [2.75, 3.05) is 20.8 Å². The minimum absolute atomic E-state index is 0.192. The molecule has 0 aliphatic rings. The Labute approximate surface area is 104 Å². The molecule has 0 aromatic heterocycles. The minimum Gasteiger partial charge on any atom is -0.355 e. The topological polar surface area (TPSA) is 30.5 Å². The summed E-state index contributed by atoms with van der Waals surface area (Å²) in [6, 6.07) is 6.82. The second-order valence-electron chi connectivity index (χ2n) is 4.39. The number of rotatable bonds is 6. The molecule has 96 valence electrons. The Kier molecular flexibility index (Phi) is 5.62. The van der Waals surface area contributed by atoms with Crippen LogP contribution in [0.2, 0.25) is 0 Å². The minimum atomic E-state index is -0.192. The van der Waals surface area contributed by atoms with E-state index in [4.69, 9.17) is 9.47 Å². The van der Waals surface area contributed by atoms with Crippen molar-refractivity contribution in [3.05, 3.63) is 34.9 Å². The standard InChI is InChI=1S/C14H23NO2/c1-10-6-7-11(2)13(8-10)12(3)15-9-14(16-4)17-5/h6-8,12,14-15H,9H2,1-5H3. The van der Waals surface area contributed by atoms with Gasteiger partial charge in [0.1, 0.15) is 0 Å². The zero-order chi connectivity index (χ0) is 12.8. The summed E-state index contributed by atoms with van der Waals surface area (Å²) in [4.78, 5) is 0. The lowest BCUT2D eigenvalue weighted by Gasteiger charge is -2.20. The highest BCUT2D eigenvalue weighted by atomic mass is 16.7. The van der Waals surface area contributed by atoms with Crippen molar-refractivity contribution in [1.29, 1.82) is 0 Å². The second kappa shape index (κ2) is 6.74. The van der Waals surface area contributed by atoms with Crippen molar-refractivity contribution in [2.45, 2.75) is 33.1 Å². The maximum Gasteiger partial charge on any atom is 0.169 e. The highest BCUT2D eigenvalue weighted by molar-refractivity contribution is 5.32. The van der Waals surface area contributed by atoms with Crippen LogP contribution < -0.4 is 5.32 Å². The number of nitrogens with one attached hydrogen (secondary N) is 1. The maximum absolute atomic E-state index is 5.15. The van der Waals surface area contributed by atoms with Crippen molar-refractivity contribution in [3.8, 4) is 0 Å². The predicted octanol–water partition coefficient (Wildman–Crippen LogP) is 2.57. The molecule has 3 nitrogen and oxygen atoms in total. The number of benzene rings is 1. The van der Waals surface area contributed by atoms with Gasteiger partial charge in [0.25, 0.3) is 0 Å². The molecule has 0 aliphatic carbocycles. The first-order valence-electron chi connectivity index (χ1n) is 5.94. The van der Waals surface area contributed by atoms with Gasteiger partial charge >= 0.3 is 0 Å². The second-order valence-corrected chi connectivity index (χ2v) is 4.39. The molecule has 1 unspecified atom stereocenters. The lowest BCUT2D eigenvalue weighted by atomic mass is 10.00. The van der Waals surface area contributed by atoms with Gasteiger partial charge in [0.05, 0.1) is 0 Å². The number of ether oxygens (including phenoxy) is 2. The van der Waals surface area contributed by atoms with Gasteiger partial charge in [0.2, 0.25) is 0 Å². The van der Waals surface area contributed by atoms with E-state index in [2.05, 4.69) is 44.3 Å². The summed E-state index contributed by atoms with van der Waals surface area (Å²) in [5.41, 5.74) is 3.92. The van der Waals surface area contributed by atoms with E-state index in [1.165, 1.54) is 16.7 Å². The molecule has 0 aliphatic heterocycles. The molecule has 0 bridgehead atoms. The Hall–Kier alpha value is -0.900. The van der Waals surface area contributed by atoms with E-state index in [9.17, 15) is 0 Å². The normalized spacial score (nSPS) is 13.1. The molecule has 1 atom stereocenters. The van der Waals surface area contributed by atoms with E-state index >= 15 is 0 Å². The van der Waals surface area contributed by atoms with Crippen molar-refractivity contribution >= 4 is 0 Å². The number of hydrogen-bond donors (Lipinski definition) is 1. The molecule has 1 aromatic carbocycles. The van der Waals surface area contributed by atoms with Crippen LogP contribution in [0.3, 0.4) is 0 Å². The Morgan fingerprint density at radius 3 is 2.41 bits per heavy atom. The highest BCUT2D eigenvalue weighted by Crippen LogP contribution is 2.18. The van der Waals surface area contributed by atoms with Crippen molar-refractivity contribution < 1.29 is 9.47 Å². The summed E-state index contributed by atoms with van der Waals surface area (Å²) in [6.45, 7) is 7.09. The van der Waals surface area contributed by atoms with E-state index < -0.39 is 0 Å². The summed E-state index contributed by atoms with van der Waals surface area (Å²) in [7, 11) is 3.30. The summed E-state index contributed by atoms with van der Waals surface area (Å²) < 4.78 is 10.3. The molecule has 0 spiro atoms. The average molecular weight is 237 g/mol. The fraction of sp³-hybridized carbons (Fsp3) is 0.571. The zero-order valence-electron chi connectivity index (χ0n) is 11.4. The van der Waals surface area contributed by atoms with Crippen molar-refractivity contribution in [3.63, 3.8) is 0 Å². The van der Waals surface area contributed by atoms with E-state index in [0.29, 0.717) is 12.6 Å². The largest absolute Gasteiger partial charge is 0.355 e. The van der Waals surface area contributed by atoms with Crippen molar-refractivity contribution in [1.82, 2.24) is 5.32 Å². The number of methoxy groups -OCH3 is 2. The zero-order valence-corrected chi connectivity index (χ0v) is 11.4. The Bertz CT molecular complexity index is 348. The third kappa shape index (κ3) is 4.11. The first-order valence-corrected chi connectivity index (χ1v) is 5.94. The van der Waals surface area contributed by atoms with Gasteiger partial charge in [-0.25, -0.2) is 0 Å². The molecule has 1 rings (SSSR count). The number of aryl methyl sites for hydroxylation is 2. The van der Waals surface area contributed by atoms with Gasteiger partial charge < -0.3 is 14.8 Å². The molecule has 1 aromatic rings. The van der Waals surface area contributed by atoms with Crippen LogP contribution in [0.4, 0.5) is 0 Å². The van der Waals surface area contributed by atoms with Gasteiger partial charge in [0, 0.05) is 26.8 Å². The van der Waals surface area contributed by atoms with Gasteiger partial charge in [-0.2, -0.15) is 0 Å². The van der Waals surface area contributed by atoms with Crippen LogP contribution in [-0.2, 0) is 9.47 Å². The third-order valence-corrected chi connectivity index (χ3v) is 3.02. The van der Waals surface area contributed by atoms with Crippen LogP contribution in [0, 0.1) is 13.8 Å². The average Bonchev–Trinajstić information content (AvgIpc) is 2.33. The fourth-order valence-electron chi connectivity index (χ4n) is 1.87. The summed E-state index contributed by atoms with van der Waals surface area (Å²) in [5, 5.41) is 3.42. The molecule has 0 heterocycles. The lowest BCUT2D eigenvalue weighted by molar-refractivity contribution is -0.0997. The van der Waals surface area contributed by atoms with Gasteiger partial charge in [-0.15, -0.1) is 0 Å². The molecule has 0 saturated heterocycles. The number of hydrogen-bond acceptors (Lipinski definition) is 3. The first-order chi connectivity index (χ1) is 8.08. The lowest BCUT2D eigenvalue weighted by Crippen LogP contribution is -2.31. The molecule has 3 heteroatoms. The summed E-state index contributed by atoms with van der Waals surface area (Å²) in [5.74, 6) is 0. The molecule has 1 N–H and O–H groups in total. The van der Waals surface area contributed by atoms with Crippen LogP contribution in [0.15, 0.2) is 18.2 Å². The molecule has 0 saturated carbocycles. The smallest absolute Gasteiger partial charge is 0.169 e. The third-order valence-electron chi connectivity index (χ3n) is 3.02. The monoisotopic (exact) mass is 237 g/mol. The summed E-state index contributed by atoms with van der Waals surface area (Å²) >= 11 is 0. The van der Waals surface area contributed by atoms with Crippen LogP contribution >= 0.6 is 0 Å². The van der Waals surface area contributed by atoms with E-state index in [-0.39, 0.29) is 6.29 Å². The van der Waals surface area contributed by atoms with Gasteiger partial charge in [-0.3, -0.25) is 0 Å². The van der Waals surface area contributed by atoms with Crippen LogP contribution in [0.5, 0.6) is 0 Å². The quantitative estimate of drug-likeness (QED) is 0.771. The van der Waals surface area contributed by atoms with E-state index in [0.717, 1.165) is 0 Å². The molecule has 0 fully saturated rings. The maximum atomic E-state index is 5.15. The van der Waals surface area contributed by atoms with E-state index in [1.807, 2.05) is 0 Å². The first kappa shape index (κ1) is 14.2. The van der Waals surface area contributed by atoms with Crippen LogP contribution in [0.1, 0.15) is 29.7 Å². The molecular weight excluding hydrogens is 214 g/mol. The Morgan fingerprint density at radius 1 is 1.18 bits per heavy atom. The van der Waals surface area contributed by atoms with Crippen LogP contribution in [-0.4, -0.2) is 27.1 Å². The Balaban J connectivity index is 2.63. The SMILES string of the molecule is COC(CNC(C)c1cc(C)ccc1C)OC. The van der Waals surface area contributed by atoms with Gasteiger partial charge in [-0.1, -0.05) is 23.8 Å². The molecule has 0 radical (unpaired) electrons. The highest BCUT2D eigenvalue weighted by Gasteiger charge is 2.11. The van der Waals surface area contributed by atoms with Gasteiger partial charge in [0.15, 0.2) is 6.29 Å². The van der Waals surface area contributed by atoms with Gasteiger partial charge in [-0.05, 0) is 31.9 Å². The predicted molar refractivity (Wildman–Crippen MR) is 70.1 cm³/mol. The Morgan fingerprint density at radius 2 is 1.82 bits per heavy atom. The fourth-order valence-corrected chi connectivity index (χ4v) is 1.87. The molecule has 0 amide bonds. The van der Waals surface area contributed by atoms with Crippen molar-refractivity contribution in [2.24, 2.45) is 0 Å².